The second-order valence-corrected chi connectivity index (χ2v) is 4.44. The van der Waals surface area contributed by atoms with Crippen molar-refractivity contribution >= 4 is 17.5 Å². The fourth-order valence-corrected chi connectivity index (χ4v) is 1.86. The molecule has 0 saturated carbocycles. The Morgan fingerprint density at radius 3 is 2.86 bits per heavy atom. The van der Waals surface area contributed by atoms with E-state index in [4.69, 9.17) is 4.74 Å². The molecule has 2 rings (SSSR count). The number of nitrogens with zero attached hydrogens (tertiary/aromatic N) is 2. The Kier molecular flexibility index (Phi) is 5.15. The van der Waals surface area contributed by atoms with Crippen molar-refractivity contribution in [1.29, 1.82) is 0 Å². The molecule has 21 heavy (non-hydrogen) atoms. The monoisotopic (exact) mass is 284 g/mol. The average Bonchev–Trinajstić information content (AvgIpc) is 2.47. The van der Waals surface area contributed by atoms with Crippen molar-refractivity contribution in [3.05, 3.63) is 48.7 Å². The van der Waals surface area contributed by atoms with Crippen molar-refractivity contribution in [2.24, 2.45) is 0 Å². The molecule has 0 fully saturated rings. The molecule has 0 aliphatic heterocycles. The van der Waals surface area contributed by atoms with Gasteiger partial charge in [0.1, 0.15) is 11.6 Å². The van der Waals surface area contributed by atoms with Crippen LogP contribution in [0.3, 0.4) is 0 Å². The van der Waals surface area contributed by atoms with Gasteiger partial charge in [-0.3, -0.25) is 0 Å². The molecule has 5 heteroatoms. The fourth-order valence-electron chi connectivity index (χ4n) is 1.86. The van der Waals surface area contributed by atoms with Gasteiger partial charge in [0.15, 0.2) is 0 Å². The minimum atomic E-state index is 0.536. The van der Waals surface area contributed by atoms with E-state index in [-0.39, 0.29) is 0 Å². The first kappa shape index (κ1) is 14.8. The summed E-state index contributed by atoms with van der Waals surface area (Å²) < 4.78 is 5.59. The van der Waals surface area contributed by atoms with E-state index in [2.05, 4.69) is 27.2 Å². The predicted molar refractivity (Wildman–Crippen MR) is 86.3 cm³/mol. The van der Waals surface area contributed by atoms with Crippen LogP contribution in [0.4, 0.5) is 17.5 Å². The zero-order chi connectivity index (χ0) is 15.1. The van der Waals surface area contributed by atoms with E-state index in [0.29, 0.717) is 19.1 Å². The molecule has 1 heterocycles. The van der Waals surface area contributed by atoms with Crippen molar-refractivity contribution in [3.8, 4) is 5.75 Å². The van der Waals surface area contributed by atoms with Crippen LogP contribution in [0.1, 0.15) is 12.6 Å². The van der Waals surface area contributed by atoms with Gasteiger partial charge in [0.25, 0.3) is 0 Å². The smallest absolute Gasteiger partial charge is 0.229 e. The number of hydrogen-bond donors (Lipinski definition) is 2. The third kappa shape index (κ3) is 4.21. The number of aromatic nitrogens is 2. The van der Waals surface area contributed by atoms with Gasteiger partial charge in [0, 0.05) is 18.3 Å². The number of anilines is 3. The van der Waals surface area contributed by atoms with Gasteiger partial charge in [-0.25, -0.2) is 4.98 Å². The van der Waals surface area contributed by atoms with Gasteiger partial charge in [-0.15, -0.1) is 6.58 Å². The topological polar surface area (TPSA) is 59.1 Å². The molecule has 2 N–H and O–H groups in total. The lowest BCUT2D eigenvalue weighted by molar-refractivity contribution is 0.342. The van der Waals surface area contributed by atoms with Gasteiger partial charge in [-0.05, 0) is 26.0 Å². The summed E-state index contributed by atoms with van der Waals surface area (Å²) in [6.45, 7) is 8.84. The lowest BCUT2D eigenvalue weighted by Crippen LogP contribution is -2.06. The lowest BCUT2D eigenvalue weighted by Gasteiger charge is -2.12. The molecule has 0 unspecified atom stereocenters. The molecule has 0 atom stereocenters. The van der Waals surface area contributed by atoms with Crippen molar-refractivity contribution in [3.63, 3.8) is 0 Å². The molecule has 0 aliphatic carbocycles. The maximum Gasteiger partial charge on any atom is 0.229 e. The summed E-state index contributed by atoms with van der Waals surface area (Å²) in [5.41, 5.74) is 1.73. The van der Waals surface area contributed by atoms with Crippen LogP contribution >= 0.6 is 0 Å². The minimum absolute atomic E-state index is 0.536. The number of hydrogen-bond acceptors (Lipinski definition) is 5. The van der Waals surface area contributed by atoms with Gasteiger partial charge < -0.3 is 15.4 Å². The second-order valence-electron chi connectivity index (χ2n) is 4.44. The molecule has 5 nitrogen and oxygen atoms in total. The highest BCUT2D eigenvalue weighted by molar-refractivity contribution is 5.63. The summed E-state index contributed by atoms with van der Waals surface area (Å²) in [4.78, 5) is 8.83. The van der Waals surface area contributed by atoms with Gasteiger partial charge >= 0.3 is 0 Å². The number of nitrogens with one attached hydrogen (secondary N) is 2. The predicted octanol–water partition coefficient (Wildman–Crippen LogP) is 3.53. The molecule has 0 aliphatic rings. The molecule has 0 bridgehead atoms. The van der Waals surface area contributed by atoms with Crippen LogP contribution in [0.5, 0.6) is 5.75 Å². The van der Waals surface area contributed by atoms with Crippen molar-refractivity contribution in [2.75, 3.05) is 23.8 Å². The summed E-state index contributed by atoms with van der Waals surface area (Å²) in [6, 6.07) is 9.62. The third-order valence-electron chi connectivity index (χ3n) is 2.72. The maximum atomic E-state index is 5.59. The molecule has 1 aromatic carbocycles. The number of para-hydroxylation sites is 2. The van der Waals surface area contributed by atoms with Gasteiger partial charge in [-0.1, -0.05) is 18.2 Å². The van der Waals surface area contributed by atoms with Crippen LogP contribution in [-0.2, 0) is 0 Å². The first-order chi connectivity index (χ1) is 10.2. The molecular formula is C16H20N4O. The summed E-state index contributed by atoms with van der Waals surface area (Å²) in [5.74, 6) is 2.08. The van der Waals surface area contributed by atoms with Gasteiger partial charge in [-0.2, -0.15) is 4.98 Å². The lowest BCUT2D eigenvalue weighted by atomic mass is 10.3. The Balaban J connectivity index is 2.22. The van der Waals surface area contributed by atoms with Gasteiger partial charge in [0.05, 0.1) is 12.3 Å². The second kappa shape index (κ2) is 7.28. The third-order valence-corrected chi connectivity index (χ3v) is 2.72. The van der Waals surface area contributed by atoms with Crippen molar-refractivity contribution in [1.82, 2.24) is 9.97 Å². The van der Waals surface area contributed by atoms with E-state index in [1.165, 1.54) is 0 Å². The molecule has 0 radical (unpaired) electrons. The Bertz CT molecular complexity index is 613. The highest BCUT2D eigenvalue weighted by atomic mass is 16.5. The average molecular weight is 284 g/mol. The minimum Gasteiger partial charge on any atom is -0.492 e. The number of ether oxygens (including phenoxy) is 1. The van der Waals surface area contributed by atoms with Crippen LogP contribution < -0.4 is 15.4 Å². The zero-order valence-corrected chi connectivity index (χ0v) is 12.4. The molecule has 0 saturated heterocycles. The van der Waals surface area contributed by atoms with E-state index in [0.717, 1.165) is 22.9 Å². The van der Waals surface area contributed by atoms with E-state index >= 15 is 0 Å². The quantitative estimate of drug-likeness (QED) is 0.762. The molecule has 1 aromatic heterocycles. The number of aryl methyl sites for hydroxylation is 1. The summed E-state index contributed by atoms with van der Waals surface area (Å²) in [5, 5.41) is 6.36. The Morgan fingerprint density at radius 1 is 1.29 bits per heavy atom. The first-order valence-corrected chi connectivity index (χ1v) is 6.92. The Morgan fingerprint density at radius 2 is 2.10 bits per heavy atom. The molecular weight excluding hydrogens is 264 g/mol. The largest absolute Gasteiger partial charge is 0.492 e. The van der Waals surface area contributed by atoms with Crippen LogP contribution in [0.2, 0.25) is 0 Å². The Hall–Kier alpha value is -2.56. The molecule has 0 amide bonds. The Labute approximate surface area is 125 Å². The van der Waals surface area contributed by atoms with E-state index in [1.807, 2.05) is 44.2 Å². The molecule has 110 valence electrons. The SMILES string of the molecule is C=CCNc1cc(C)nc(Nc2ccccc2OCC)n1. The van der Waals surface area contributed by atoms with Crippen LogP contribution in [0.15, 0.2) is 43.0 Å². The number of benzene rings is 1. The van der Waals surface area contributed by atoms with E-state index in [9.17, 15) is 0 Å². The molecule has 0 spiro atoms. The van der Waals surface area contributed by atoms with Crippen molar-refractivity contribution < 1.29 is 4.74 Å². The maximum absolute atomic E-state index is 5.59. The normalized spacial score (nSPS) is 10.0. The first-order valence-electron chi connectivity index (χ1n) is 6.92. The summed E-state index contributed by atoms with van der Waals surface area (Å²) in [6.07, 6.45) is 1.79. The van der Waals surface area contributed by atoms with E-state index < -0.39 is 0 Å². The summed E-state index contributed by atoms with van der Waals surface area (Å²) in [7, 11) is 0. The standard InChI is InChI=1S/C16H20N4O/c1-4-10-17-15-11-12(3)18-16(20-15)19-13-8-6-7-9-14(13)21-5-2/h4,6-9,11H,1,5,10H2,2-3H3,(H2,17,18,19,20). The fraction of sp³-hybridized carbons (Fsp3) is 0.250. The zero-order valence-electron chi connectivity index (χ0n) is 12.4. The van der Waals surface area contributed by atoms with Crippen LogP contribution in [0.25, 0.3) is 0 Å². The van der Waals surface area contributed by atoms with Gasteiger partial charge in [0.2, 0.25) is 5.95 Å². The highest BCUT2D eigenvalue weighted by Gasteiger charge is 2.06. The van der Waals surface area contributed by atoms with Crippen molar-refractivity contribution in [2.45, 2.75) is 13.8 Å². The summed E-state index contributed by atoms with van der Waals surface area (Å²) >= 11 is 0. The number of rotatable bonds is 7. The molecule has 2 aromatic rings. The van der Waals surface area contributed by atoms with Crippen LogP contribution in [0, 0.1) is 6.92 Å². The van der Waals surface area contributed by atoms with Crippen LogP contribution in [-0.4, -0.2) is 23.1 Å². The highest BCUT2D eigenvalue weighted by Crippen LogP contribution is 2.26. The van der Waals surface area contributed by atoms with E-state index in [1.54, 1.807) is 6.08 Å².